The van der Waals surface area contributed by atoms with Crippen LogP contribution in [0.5, 0.6) is 0 Å². The van der Waals surface area contributed by atoms with Crippen LogP contribution < -0.4 is 5.73 Å². The molecule has 0 saturated heterocycles. The Labute approximate surface area is 83.0 Å². The van der Waals surface area contributed by atoms with Crippen molar-refractivity contribution >= 4 is 0 Å². The van der Waals surface area contributed by atoms with Crippen LogP contribution in [0.15, 0.2) is 0 Å². The third-order valence-electron chi connectivity index (χ3n) is 1.09. The molecule has 0 amide bonds. The predicted octanol–water partition coefficient (Wildman–Crippen LogP) is 1.52. The van der Waals surface area contributed by atoms with Gasteiger partial charge >= 0.3 is 0 Å². The fourth-order valence-electron chi connectivity index (χ4n) is 0.500. The number of rotatable bonds is 4. The van der Waals surface area contributed by atoms with Crippen molar-refractivity contribution in [3.63, 3.8) is 0 Å². The normalized spacial score (nSPS) is 7.85. The molecule has 0 atom stereocenters. The summed E-state index contributed by atoms with van der Waals surface area (Å²) >= 11 is 0. The van der Waals surface area contributed by atoms with Gasteiger partial charge in [0.2, 0.25) is 0 Å². The molecule has 0 aliphatic heterocycles. The van der Waals surface area contributed by atoms with Gasteiger partial charge in [0.1, 0.15) is 0 Å². The highest BCUT2D eigenvalue weighted by molar-refractivity contribution is 4.31. The molecule has 0 radical (unpaired) electrons. The second-order valence-electron chi connectivity index (χ2n) is 2.54. The number of unbranched alkanes of at least 4 members (excludes halogenated alkanes) is 3. The lowest BCUT2D eigenvalue weighted by Crippen LogP contribution is -2.02. The van der Waals surface area contributed by atoms with Crippen molar-refractivity contribution in [2.24, 2.45) is 5.73 Å². The van der Waals surface area contributed by atoms with Gasteiger partial charge in [0, 0.05) is 13.2 Å². The molecule has 0 unspecified atom stereocenters. The summed E-state index contributed by atoms with van der Waals surface area (Å²) in [5.74, 6) is 0. The standard InChI is InChI=1S/C6H14.C2H7NO.C2H6O/c1-3-5-6-4-2;3-1-2-4;1-2-3/h3-6H2,1-2H3;4H,1-3H2;3H,2H2,1H3. The maximum Gasteiger partial charge on any atom is 0.0553 e. The van der Waals surface area contributed by atoms with Gasteiger partial charge in [-0.05, 0) is 6.92 Å². The van der Waals surface area contributed by atoms with Gasteiger partial charge in [-0.15, -0.1) is 0 Å². The summed E-state index contributed by atoms with van der Waals surface area (Å²) in [5.41, 5.74) is 4.78. The highest BCUT2D eigenvalue weighted by atomic mass is 16.3. The highest BCUT2D eigenvalue weighted by Crippen LogP contribution is 1.95. The summed E-state index contributed by atoms with van der Waals surface area (Å²) in [6.45, 7) is 6.87. The minimum absolute atomic E-state index is 0.0972. The lowest BCUT2D eigenvalue weighted by molar-refractivity contribution is 0.306. The Bertz CT molecular complexity index is 46.2. The molecule has 0 aromatic carbocycles. The van der Waals surface area contributed by atoms with Crippen LogP contribution in [-0.4, -0.2) is 30.0 Å². The monoisotopic (exact) mass is 193 g/mol. The number of aliphatic hydroxyl groups is 2. The summed E-state index contributed by atoms with van der Waals surface area (Å²) in [7, 11) is 0. The van der Waals surface area contributed by atoms with E-state index < -0.39 is 0 Å². The van der Waals surface area contributed by atoms with Crippen molar-refractivity contribution in [1.82, 2.24) is 0 Å². The molecule has 0 spiro atoms. The average Bonchev–Trinajstić information content (AvgIpc) is 2.16. The quantitative estimate of drug-likeness (QED) is 0.593. The van der Waals surface area contributed by atoms with E-state index in [1.807, 2.05) is 0 Å². The van der Waals surface area contributed by atoms with E-state index in [4.69, 9.17) is 15.9 Å². The summed E-state index contributed by atoms with van der Waals surface area (Å²) in [4.78, 5) is 0. The van der Waals surface area contributed by atoms with Gasteiger partial charge in [-0.1, -0.05) is 39.5 Å². The predicted molar refractivity (Wildman–Crippen MR) is 58.7 cm³/mol. The maximum atomic E-state index is 7.75. The van der Waals surface area contributed by atoms with Crippen LogP contribution in [0.4, 0.5) is 0 Å². The second kappa shape index (κ2) is 29.7. The SMILES string of the molecule is CCCCCC.CCO.NCCO. The molecule has 0 aliphatic rings. The van der Waals surface area contributed by atoms with Crippen LogP contribution in [0.1, 0.15) is 46.5 Å². The Morgan fingerprint density at radius 3 is 1.23 bits per heavy atom. The smallest absolute Gasteiger partial charge is 0.0553 e. The zero-order chi connectivity index (χ0) is 10.9. The Kier molecular flexibility index (Phi) is 42.6. The molecule has 0 aliphatic carbocycles. The first-order valence-electron chi connectivity index (χ1n) is 5.16. The van der Waals surface area contributed by atoms with Gasteiger partial charge in [0.25, 0.3) is 0 Å². The third kappa shape index (κ3) is 77.0. The lowest BCUT2D eigenvalue weighted by atomic mass is 10.2. The van der Waals surface area contributed by atoms with E-state index >= 15 is 0 Å². The Morgan fingerprint density at radius 2 is 1.15 bits per heavy atom. The van der Waals surface area contributed by atoms with Crippen molar-refractivity contribution in [2.45, 2.75) is 46.5 Å². The van der Waals surface area contributed by atoms with Gasteiger partial charge < -0.3 is 15.9 Å². The number of hydrogen-bond donors (Lipinski definition) is 3. The molecule has 0 aromatic heterocycles. The van der Waals surface area contributed by atoms with Gasteiger partial charge in [-0.2, -0.15) is 0 Å². The third-order valence-corrected chi connectivity index (χ3v) is 1.09. The highest BCUT2D eigenvalue weighted by Gasteiger charge is 1.75. The average molecular weight is 193 g/mol. The van der Waals surface area contributed by atoms with Crippen LogP contribution in [0.3, 0.4) is 0 Å². The van der Waals surface area contributed by atoms with Crippen molar-refractivity contribution < 1.29 is 10.2 Å². The maximum absolute atomic E-state index is 7.75. The fourth-order valence-corrected chi connectivity index (χ4v) is 0.500. The molecular weight excluding hydrogens is 166 g/mol. The van der Waals surface area contributed by atoms with Crippen molar-refractivity contribution in [2.75, 3.05) is 19.8 Å². The van der Waals surface area contributed by atoms with Crippen LogP contribution in [0.25, 0.3) is 0 Å². The topological polar surface area (TPSA) is 66.5 Å². The van der Waals surface area contributed by atoms with Crippen LogP contribution in [-0.2, 0) is 0 Å². The molecule has 0 heterocycles. The molecule has 0 aromatic rings. The summed E-state index contributed by atoms with van der Waals surface area (Å²) in [6, 6.07) is 0. The largest absolute Gasteiger partial charge is 0.397 e. The van der Waals surface area contributed by atoms with Crippen LogP contribution >= 0.6 is 0 Å². The molecule has 84 valence electrons. The first-order valence-corrected chi connectivity index (χ1v) is 5.16. The molecule has 0 fully saturated rings. The molecule has 3 heteroatoms. The molecule has 0 bridgehead atoms. The second-order valence-corrected chi connectivity index (χ2v) is 2.54. The van der Waals surface area contributed by atoms with E-state index in [2.05, 4.69) is 13.8 Å². The van der Waals surface area contributed by atoms with Gasteiger partial charge in [-0.25, -0.2) is 0 Å². The van der Waals surface area contributed by atoms with E-state index in [1.54, 1.807) is 6.92 Å². The molecular formula is C10H27NO2. The van der Waals surface area contributed by atoms with Gasteiger partial charge in [-0.3, -0.25) is 0 Å². The van der Waals surface area contributed by atoms with Crippen molar-refractivity contribution in [3.05, 3.63) is 0 Å². The lowest BCUT2D eigenvalue weighted by Gasteiger charge is -1.86. The first kappa shape index (κ1) is 18.6. The summed E-state index contributed by atoms with van der Waals surface area (Å²) < 4.78 is 0. The summed E-state index contributed by atoms with van der Waals surface area (Å²) in [6.07, 6.45) is 5.54. The Balaban J connectivity index is -0.000000125. The number of hydrogen-bond acceptors (Lipinski definition) is 3. The molecule has 13 heavy (non-hydrogen) atoms. The molecule has 4 N–H and O–H groups in total. The number of aliphatic hydroxyl groups excluding tert-OH is 2. The van der Waals surface area contributed by atoms with E-state index in [9.17, 15) is 0 Å². The van der Waals surface area contributed by atoms with Crippen molar-refractivity contribution in [1.29, 1.82) is 0 Å². The minimum Gasteiger partial charge on any atom is -0.397 e. The number of nitrogens with two attached hydrogens (primary N) is 1. The fraction of sp³-hybridized carbons (Fsp3) is 1.00. The van der Waals surface area contributed by atoms with Crippen molar-refractivity contribution in [3.8, 4) is 0 Å². The zero-order valence-electron chi connectivity index (χ0n) is 9.42. The summed E-state index contributed by atoms with van der Waals surface area (Å²) in [5, 5.41) is 15.3. The molecule has 0 rings (SSSR count). The van der Waals surface area contributed by atoms with E-state index in [0.29, 0.717) is 6.54 Å². The minimum atomic E-state index is 0.0972. The van der Waals surface area contributed by atoms with E-state index in [-0.39, 0.29) is 13.2 Å². The van der Waals surface area contributed by atoms with Gasteiger partial charge in [0.15, 0.2) is 0 Å². The van der Waals surface area contributed by atoms with Gasteiger partial charge in [0.05, 0.1) is 6.61 Å². The first-order chi connectivity index (χ1) is 6.24. The van der Waals surface area contributed by atoms with E-state index in [1.165, 1.54) is 25.7 Å². The Morgan fingerprint density at radius 1 is 0.923 bits per heavy atom. The molecule has 3 nitrogen and oxygen atoms in total. The van der Waals surface area contributed by atoms with E-state index in [0.717, 1.165) is 0 Å². The Hall–Kier alpha value is -0.120. The van der Waals surface area contributed by atoms with Crippen LogP contribution in [0.2, 0.25) is 0 Å². The zero-order valence-corrected chi connectivity index (χ0v) is 9.42. The molecule has 0 saturated carbocycles. The van der Waals surface area contributed by atoms with Crippen LogP contribution in [0, 0.1) is 0 Å².